The van der Waals surface area contributed by atoms with E-state index in [0.717, 1.165) is 5.56 Å². The van der Waals surface area contributed by atoms with E-state index in [1.165, 1.54) is 0 Å². The number of likely N-dealkylation sites (tertiary alicyclic amines) is 1. The maximum atomic E-state index is 12.6. The first-order valence-corrected chi connectivity index (χ1v) is 8.23. The van der Waals surface area contributed by atoms with Crippen LogP contribution in [0.3, 0.4) is 0 Å². The molecule has 1 N–H and O–H groups in total. The molecule has 0 saturated carbocycles. The SMILES string of the molecule is COc1ccc(OC)c(CCC(=O)N2CC(OC)CC2CC(=O)O)c1. The molecule has 7 nitrogen and oxygen atoms in total. The van der Waals surface area contributed by atoms with Crippen molar-refractivity contribution in [3.8, 4) is 11.5 Å². The summed E-state index contributed by atoms with van der Waals surface area (Å²) in [5.41, 5.74) is 0.882. The van der Waals surface area contributed by atoms with E-state index in [-0.39, 0.29) is 30.9 Å². The third kappa shape index (κ3) is 4.85. The Labute approximate surface area is 147 Å². The first-order valence-electron chi connectivity index (χ1n) is 8.23. The predicted octanol–water partition coefficient (Wildman–Crippen LogP) is 1.73. The molecule has 1 fully saturated rings. The molecule has 1 amide bonds. The molecule has 1 aromatic rings. The standard InChI is InChI=1S/C18H25NO6/c1-23-14-5-6-16(25-3)12(8-14)4-7-17(20)19-11-15(24-2)9-13(19)10-18(21)22/h5-6,8,13,15H,4,7,9-11H2,1-3H3,(H,21,22). The van der Waals surface area contributed by atoms with Crippen molar-refractivity contribution in [2.75, 3.05) is 27.9 Å². The van der Waals surface area contributed by atoms with Gasteiger partial charge >= 0.3 is 5.97 Å². The average Bonchev–Trinajstić information content (AvgIpc) is 3.01. The molecule has 2 rings (SSSR count). The number of hydrogen-bond acceptors (Lipinski definition) is 5. The highest BCUT2D eigenvalue weighted by Crippen LogP contribution is 2.27. The zero-order chi connectivity index (χ0) is 18.4. The van der Waals surface area contributed by atoms with Crippen LogP contribution in [0.1, 0.15) is 24.8 Å². The van der Waals surface area contributed by atoms with E-state index in [1.807, 2.05) is 12.1 Å². The minimum Gasteiger partial charge on any atom is -0.497 e. The maximum absolute atomic E-state index is 12.6. The first kappa shape index (κ1) is 19.1. The van der Waals surface area contributed by atoms with Crippen molar-refractivity contribution in [1.82, 2.24) is 4.90 Å². The number of rotatable bonds is 8. The Morgan fingerprint density at radius 1 is 1.24 bits per heavy atom. The minimum atomic E-state index is -0.908. The zero-order valence-corrected chi connectivity index (χ0v) is 14.9. The Hall–Kier alpha value is -2.28. The lowest BCUT2D eigenvalue weighted by atomic mass is 10.1. The molecule has 138 valence electrons. The van der Waals surface area contributed by atoms with Crippen LogP contribution in [0.5, 0.6) is 11.5 Å². The molecule has 1 aromatic carbocycles. The number of nitrogens with zero attached hydrogens (tertiary/aromatic N) is 1. The summed E-state index contributed by atoms with van der Waals surface area (Å²) in [7, 11) is 4.75. The molecule has 0 radical (unpaired) electrons. The molecule has 0 spiro atoms. The third-order valence-electron chi connectivity index (χ3n) is 4.54. The number of amides is 1. The van der Waals surface area contributed by atoms with Crippen LogP contribution in [-0.4, -0.2) is 61.9 Å². The average molecular weight is 351 g/mol. The van der Waals surface area contributed by atoms with Crippen LogP contribution in [0.4, 0.5) is 0 Å². The van der Waals surface area contributed by atoms with E-state index in [0.29, 0.717) is 30.9 Å². The van der Waals surface area contributed by atoms with Crippen molar-refractivity contribution in [3.05, 3.63) is 23.8 Å². The third-order valence-corrected chi connectivity index (χ3v) is 4.54. The van der Waals surface area contributed by atoms with Gasteiger partial charge in [-0.15, -0.1) is 0 Å². The fraction of sp³-hybridized carbons (Fsp3) is 0.556. The molecule has 7 heteroatoms. The Morgan fingerprint density at radius 2 is 2.00 bits per heavy atom. The molecule has 0 aromatic heterocycles. The van der Waals surface area contributed by atoms with Crippen molar-refractivity contribution in [2.24, 2.45) is 0 Å². The van der Waals surface area contributed by atoms with Crippen LogP contribution in [0.2, 0.25) is 0 Å². The van der Waals surface area contributed by atoms with Gasteiger partial charge in [-0.2, -0.15) is 0 Å². The molecule has 0 aliphatic carbocycles. The van der Waals surface area contributed by atoms with E-state index in [2.05, 4.69) is 0 Å². The molecule has 0 bridgehead atoms. The quantitative estimate of drug-likeness (QED) is 0.768. The fourth-order valence-corrected chi connectivity index (χ4v) is 3.21. The number of carbonyl (C=O) groups is 2. The number of methoxy groups -OCH3 is 3. The lowest BCUT2D eigenvalue weighted by Gasteiger charge is -2.23. The molecular weight excluding hydrogens is 326 g/mol. The maximum Gasteiger partial charge on any atom is 0.305 e. The van der Waals surface area contributed by atoms with Crippen molar-refractivity contribution in [2.45, 2.75) is 37.8 Å². The number of ether oxygens (including phenoxy) is 3. The van der Waals surface area contributed by atoms with Crippen molar-refractivity contribution in [3.63, 3.8) is 0 Å². The zero-order valence-electron chi connectivity index (χ0n) is 14.9. The number of benzene rings is 1. The summed E-state index contributed by atoms with van der Waals surface area (Å²) in [6, 6.07) is 5.14. The number of aryl methyl sites for hydroxylation is 1. The smallest absolute Gasteiger partial charge is 0.305 e. The summed E-state index contributed by atoms with van der Waals surface area (Å²) < 4.78 is 15.9. The van der Waals surface area contributed by atoms with Crippen molar-refractivity contribution < 1.29 is 28.9 Å². The highest BCUT2D eigenvalue weighted by molar-refractivity contribution is 5.78. The number of carboxylic acids is 1. The molecule has 2 atom stereocenters. The van der Waals surface area contributed by atoms with Crippen LogP contribution in [-0.2, 0) is 20.7 Å². The topological polar surface area (TPSA) is 85.3 Å². The number of carboxylic acid groups (broad SMARTS) is 1. The molecule has 2 unspecified atom stereocenters. The van der Waals surface area contributed by atoms with Crippen LogP contribution in [0.15, 0.2) is 18.2 Å². The number of aliphatic carboxylic acids is 1. The van der Waals surface area contributed by atoms with Gasteiger partial charge in [0.25, 0.3) is 0 Å². The van der Waals surface area contributed by atoms with Gasteiger partial charge in [0.15, 0.2) is 0 Å². The van der Waals surface area contributed by atoms with Crippen molar-refractivity contribution >= 4 is 11.9 Å². The predicted molar refractivity (Wildman–Crippen MR) is 91.0 cm³/mol. The number of carbonyl (C=O) groups excluding carboxylic acids is 1. The van der Waals surface area contributed by atoms with Gasteiger partial charge in [0, 0.05) is 26.1 Å². The normalized spacial score (nSPS) is 19.7. The monoisotopic (exact) mass is 351 g/mol. The summed E-state index contributed by atoms with van der Waals surface area (Å²) in [5, 5.41) is 9.06. The van der Waals surface area contributed by atoms with Crippen LogP contribution in [0.25, 0.3) is 0 Å². The lowest BCUT2D eigenvalue weighted by molar-refractivity contribution is -0.139. The lowest BCUT2D eigenvalue weighted by Crippen LogP contribution is -2.37. The van der Waals surface area contributed by atoms with Gasteiger partial charge in [-0.1, -0.05) is 0 Å². The molecule has 1 aliphatic rings. The highest BCUT2D eigenvalue weighted by atomic mass is 16.5. The summed E-state index contributed by atoms with van der Waals surface area (Å²) in [6.07, 6.45) is 1.15. The molecule has 1 heterocycles. The van der Waals surface area contributed by atoms with Crippen LogP contribution >= 0.6 is 0 Å². The summed E-state index contributed by atoms with van der Waals surface area (Å²) in [4.78, 5) is 25.3. The number of hydrogen-bond donors (Lipinski definition) is 1. The molecule has 1 saturated heterocycles. The van der Waals surface area contributed by atoms with Crippen molar-refractivity contribution in [1.29, 1.82) is 0 Å². The van der Waals surface area contributed by atoms with Gasteiger partial charge in [0.1, 0.15) is 11.5 Å². The van der Waals surface area contributed by atoms with E-state index >= 15 is 0 Å². The summed E-state index contributed by atoms with van der Waals surface area (Å²) in [5.74, 6) is 0.421. The second kappa shape index (κ2) is 8.71. The fourth-order valence-electron chi connectivity index (χ4n) is 3.21. The Bertz CT molecular complexity index is 618. The Balaban J connectivity index is 2.04. The van der Waals surface area contributed by atoms with Gasteiger partial charge in [-0.3, -0.25) is 9.59 Å². The first-order chi connectivity index (χ1) is 12.0. The van der Waals surface area contributed by atoms with Gasteiger partial charge in [0.05, 0.1) is 26.7 Å². The minimum absolute atomic E-state index is 0.0614. The van der Waals surface area contributed by atoms with E-state index < -0.39 is 5.97 Å². The highest BCUT2D eigenvalue weighted by Gasteiger charge is 2.36. The van der Waals surface area contributed by atoms with E-state index in [4.69, 9.17) is 19.3 Å². The Morgan fingerprint density at radius 3 is 2.60 bits per heavy atom. The van der Waals surface area contributed by atoms with E-state index in [9.17, 15) is 9.59 Å². The van der Waals surface area contributed by atoms with Gasteiger partial charge in [-0.05, 0) is 36.6 Å². The van der Waals surface area contributed by atoms with Gasteiger partial charge < -0.3 is 24.2 Å². The molecular formula is C18H25NO6. The molecule has 1 aliphatic heterocycles. The second-order valence-corrected chi connectivity index (χ2v) is 6.07. The summed E-state index contributed by atoms with van der Waals surface area (Å²) in [6.45, 7) is 0.433. The van der Waals surface area contributed by atoms with Gasteiger partial charge in [0.2, 0.25) is 5.91 Å². The second-order valence-electron chi connectivity index (χ2n) is 6.07. The Kier molecular flexibility index (Phi) is 6.64. The largest absolute Gasteiger partial charge is 0.497 e. The van der Waals surface area contributed by atoms with Crippen LogP contribution in [0, 0.1) is 0 Å². The molecule has 25 heavy (non-hydrogen) atoms. The van der Waals surface area contributed by atoms with Crippen LogP contribution < -0.4 is 9.47 Å². The summed E-state index contributed by atoms with van der Waals surface area (Å²) >= 11 is 0. The van der Waals surface area contributed by atoms with E-state index in [1.54, 1.807) is 32.3 Å². The van der Waals surface area contributed by atoms with Gasteiger partial charge in [-0.25, -0.2) is 0 Å².